The molecule has 0 aliphatic rings. The van der Waals surface area contributed by atoms with Crippen LogP contribution in [0.15, 0.2) is 24.3 Å². The Balaban J connectivity index is 2.83. The van der Waals surface area contributed by atoms with Gasteiger partial charge in [0, 0.05) is 32.4 Å². The Morgan fingerprint density at radius 1 is 1.29 bits per heavy atom. The third-order valence-electron chi connectivity index (χ3n) is 3.17. The Kier molecular flexibility index (Phi) is 6.88. The van der Waals surface area contributed by atoms with Crippen molar-refractivity contribution in [3.8, 4) is 0 Å². The molecule has 0 aromatic heterocycles. The number of hydrogen-bond acceptors (Lipinski definition) is 3. The smallest absolute Gasteiger partial charge is 0.305 e. The number of benzene rings is 1. The van der Waals surface area contributed by atoms with E-state index in [0.29, 0.717) is 13.0 Å². The lowest BCUT2D eigenvalue weighted by molar-refractivity contribution is -0.136. The first-order chi connectivity index (χ1) is 9.93. The Morgan fingerprint density at radius 3 is 2.43 bits per heavy atom. The van der Waals surface area contributed by atoms with E-state index in [-0.39, 0.29) is 24.8 Å². The fraction of sp³-hybridized carbons (Fsp3) is 0.500. The SMILES string of the molecule is COCC(C)CC(=O)N(CCC(=O)O)c1ccc(C)cc1. The summed E-state index contributed by atoms with van der Waals surface area (Å²) in [6.07, 6.45) is 0.264. The fourth-order valence-corrected chi connectivity index (χ4v) is 2.08. The van der Waals surface area contributed by atoms with Crippen LogP contribution in [0.4, 0.5) is 5.69 Å². The van der Waals surface area contributed by atoms with Crippen molar-refractivity contribution in [2.45, 2.75) is 26.7 Å². The number of carboxylic acid groups (broad SMARTS) is 1. The summed E-state index contributed by atoms with van der Waals surface area (Å²) in [5, 5.41) is 8.84. The van der Waals surface area contributed by atoms with E-state index in [4.69, 9.17) is 9.84 Å². The van der Waals surface area contributed by atoms with E-state index in [1.807, 2.05) is 38.1 Å². The molecule has 0 saturated carbocycles. The highest BCUT2D eigenvalue weighted by Crippen LogP contribution is 2.18. The molecular weight excluding hydrogens is 270 g/mol. The van der Waals surface area contributed by atoms with Crippen molar-refractivity contribution in [3.63, 3.8) is 0 Å². The number of carbonyl (C=O) groups is 2. The monoisotopic (exact) mass is 293 g/mol. The van der Waals surface area contributed by atoms with Gasteiger partial charge < -0.3 is 14.7 Å². The number of aryl methyl sites for hydroxylation is 1. The quantitative estimate of drug-likeness (QED) is 0.799. The van der Waals surface area contributed by atoms with Gasteiger partial charge in [-0.2, -0.15) is 0 Å². The number of hydrogen-bond donors (Lipinski definition) is 1. The van der Waals surface area contributed by atoms with Crippen LogP contribution in [-0.4, -0.2) is 37.2 Å². The molecule has 5 heteroatoms. The zero-order valence-corrected chi connectivity index (χ0v) is 12.8. The average Bonchev–Trinajstić information content (AvgIpc) is 2.40. The predicted molar refractivity (Wildman–Crippen MR) is 81.4 cm³/mol. The number of ether oxygens (including phenoxy) is 1. The normalized spacial score (nSPS) is 12.0. The fourth-order valence-electron chi connectivity index (χ4n) is 2.08. The summed E-state index contributed by atoms with van der Waals surface area (Å²) in [5.41, 5.74) is 1.83. The van der Waals surface area contributed by atoms with E-state index in [1.54, 1.807) is 12.0 Å². The van der Waals surface area contributed by atoms with Crippen LogP contribution < -0.4 is 4.90 Å². The van der Waals surface area contributed by atoms with E-state index in [9.17, 15) is 9.59 Å². The van der Waals surface area contributed by atoms with Gasteiger partial charge in [-0.05, 0) is 25.0 Å². The molecule has 1 N–H and O–H groups in total. The van der Waals surface area contributed by atoms with Crippen molar-refractivity contribution >= 4 is 17.6 Å². The molecular formula is C16H23NO4. The highest BCUT2D eigenvalue weighted by molar-refractivity contribution is 5.94. The van der Waals surface area contributed by atoms with Gasteiger partial charge in [-0.15, -0.1) is 0 Å². The summed E-state index contributed by atoms with van der Waals surface area (Å²) >= 11 is 0. The zero-order valence-electron chi connectivity index (χ0n) is 12.8. The van der Waals surface area contributed by atoms with Crippen LogP contribution in [0.3, 0.4) is 0 Å². The first-order valence-electron chi connectivity index (χ1n) is 7.01. The van der Waals surface area contributed by atoms with Gasteiger partial charge in [0.05, 0.1) is 6.42 Å². The van der Waals surface area contributed by atoms with Crippen LogP contribution >= 0.6 is 0 Å². The predicted octanol–water partition coefficient (Wildman–Crippen LogP) is 2.48. The molecule has 116 valence electrons. The van der Waals surface area contributed by atoms with E-state index in [2.05, 4.69) is 0 Å². The molecule has 1 unspecified atom stereocenters. The minimum Gasteiger partial charge on any atom is -0.481 e. The van der Waals surface area contributed by atoms with Gasteiger partial charge in [-0.3, -0.25) is 9.59 Å². The van der Waals surface area contributed by atoms with Crippen molar-refractivity contribution in [2.75, 3.05) is 25.2 Å². The Labute approximate surface area is 125 Å². The highest BCUT2D eigenvalue weighted by atomic mass is 16.5. The highest BCUT2D eigenvalue weighted by Gasteiger charge is 2.19. The molecule has 0 fully saturated rings. The maximum atomic E-state index is 12.4. The number of aliphatic carboxylic acids is 1. The second-order valence-electron chi connectivity index (χ2n) is 5.29. The summed E-state index contributed by atoms with van der Waals surface area (Å²) in [6, 6.07) is 7.51. The molecule has 0 bridgehead atoms. The molecule has 1 aromatic rings. The number of amides is 1. The molecule has 1 rings (SSSR count). The molecule has 0 aliphatic heterocycles. The number of carboxylic acids is 1. The van der Waals surface area contributed by atoms with Gasteiger partial charge in [-0.1, -0.05) is 24.6 Å². The maximum Gasteiger partial charge on any atom is 0.305 e. The lowest BCUT2D eigenvalue weighted by Gasteiger charge is -2.24. The van der Waals surface area contributed by atoms with Crippen LogP contribution in [0.2, 0.25) is 0 Å². The topological polar surface area (TPSA) is 66.8 Å². The van der Waals surface area contributed by atoms with Crippen LogP contribution in [0.1, 0.15) is 25.3 Å². The number of carbonyl (C=O) groups excluding carboxylic acids is 1. The maximum absolute atomic E-state index is 12.4. The van der Waals surface area contributed by atoms with Gasteiger partial charge in [0.25, 0.3) is 0 Å². The van der Waals surface area contributed by atoms with E-state index in [0.717, 1.165) is 11.3 Å². The van der Waals surface area contributed by atoms with Crippen molar-refractivity contribution < 1.29 is 19.4 Å². The molecule has 1 atom stereocenters. The van der Waals surface area contributed by atoms with Crippen LogP contribution in [0, 0.1) is 12.8 Å². The van der Waals surface area contributed by atoms with Gasteiger partial charge in [0.2, 0.25) is 5.91 Å². The van der Waals surface area contributed by atoms with Crippen molar-refractivity contribution in [1.29, 1.82) is 0 Å². The van der Waals surface area contributed by atoms with Crippen LogP contribution in [-0.2, 0) is 14.3 Å². The summed E-state index contributed by atoms with van der Waals surface area (Å²) in [4.78, 5) is 24.7. The largest absolute Gasteiger partial charge is 0.481 e. The average molecular weight is 293 g/mol. The van der Waals surface area contributed by atoms with Crippen molar-refractivity contribution in [2.24, 2.45) is 5.92 Å². The minimum absolute atomic E-state index is 0.0712. The second kappa shape index (κ2) is 8.42. The lowest BCUT2D eigenvalue weighted by Crippen LogP contribution is -2.34. The van der Waals surface area contributed by atoms with E-state index < -0.39 is 5.97 Å². The van der Waals surface area contributed by atoms with Crippen molar-refractivity contribution in [1.82, 2.24) is 0 Å². The molecule has 0 saturated heterocycles. The molecule has 1 aromatic carbocycles. The molecule has 21 heavy (non-hydrogen) atoms. The number of anilines is 1. The molecule has 1 amide bonds. The van der Waals surface area contributed by atoms with Gasteiger partial charge in [-0.25, -0.2) is 0 Å². The summed E-state index contributed by atoms with van der Waals surface area (Å²) in [7, 11) is 1.60. The zero-order chi connectivity index (χ0) is 15.8. The van der Waals surface area contributed by atoms with Crippen molar-refractivity contribution in [3.05, 3.63) is 29.8 Å². The third kappa shape index (κ3) is 5.95. The van der Waals surface area contributed by atoms with Gasteiger partial charge in [0.1, 0.15) is 0 Å². The Bertz CT molecular complexity index is 470. The van der Waals surface area contributed by atoms with Gasteiger partial charge in [0.15, 0.2) is 0 Å². The lowest BCUT2D eigenvalue weighted by atomic mass is 10.1. The molecule has 0 spiro atoms. The third-order valence-corrected chi connectivity index (χ3v) is 3.17. The van der Waals surface area contributed by atoms with E-state index in [1.165, 1.54) is 0 Å². The summed E-state index contributed by atoms with van der Waals surface area (Å²) < 4.78 is 5.04. The molecule has 0 heterocycles. The molecule has 5 nitrogen and oxygen atoms in total. The summed E-state index contributed by atoms with van der Waals surface area (Å²) in [5.74, 6) is -0.894. The van der Waals surface area contributed by atoms with Gasteiger partial charge >= 0.3 is 5.97 Å². The molecule has 0 radical (unpaired) electrons. The van der Waals surface area contributed by atoms with Crippen LogP contribution in [0.25, 0.3) is 0 Å². The number of rotatable bonds is 8. The first kappa shape index (κ1) is 17.2. The Hall–Kier alpha value is -1.88. The second-order valence-corrected chi connectivity index (χ2v) is 5.29. The van der Waals surface area contributed by atoms with Crippen LogP contribution in [0.5, 0.6) is 0 Å². The minimum atomic E-state index is -0.912. The first-order valence-corrected chi connectivity index (χ1v) is 7.01. The number of nitrogens with zero attached hydrogens (tertiary/aromatic N) is 1. The standard InChI is InChI=1S/C16H23NO4/c1-12-4-6-14(7-5-12)17(9-8-16(19)20)15(18)10-13(2)11-21-3/h4-7,13H,8-11H2,1-3H3,(H,19,20). The van der Waals surface area contributed by atoms with E-state index >= 15 is 0 Å². The number of methoxy groups -OCH3 is 1. The summed E-state index contributed by atoms with van der Waals surface area (Å²) in [6.45, 7) is 4.59. The Morgan fingerprint density at radius 2 is 1.90 bits per heavy atom. The molecule has 0 aliphatic carbocycles.